The molecule has 4 aromatic rings. The minimum absolute atomic E-state index is 0. The summed E-state index contributed by atoms with van der Waals surface area (Å²) in [6, 6.07) is 32.6. The number of rotatable bonds is 0. The Labute approximate surface area is 186 Å². The molecule has 28 heavy (non-hydrogen) atoms. The van der Waals surface area contributed by atoms with Gasteiger partial charge in [-0.1, -0.05) is 0 Å². The maximum absolute atomic E-state index is 7.50. The van der Waals surface area contributed by atoms with Crippen molar-refractivity contribution >= 4 is 10.8 Å². The molecule has 0 saturated heterocycles. The molecule has 4 aromatic carbocycles. The molecule has 0 aliphatic heterocycles. The van der Waals surface area contributed by atoms with E-state index in [0.29, 0.717) is 0 Å². The van der Waals surface area contributed by atoms with Gasteiger partial charge in [0.2, 0.25) is 0 Å². The molecule has 6 heteroatoms. The molecule has 0 heterocycles. The van der Waals surface area contributed by atoms with Gasteiger partial charge in [-0.15, -0.1) is 12.1 Å². The summed E-state index contributed by atoms with van der Waals surface area (Å²) in [6.07, 6.45) is 0. The summed E-state index contributed by atoms with van der Waals surface area (Å²) in [6.45, 7) is 18.0. The molecular formula is C22H16Fe2O4+4. The van der Waals surface area contributed by atoms with Crippen LogP contribution in [0, 0.1) is 26.6 Å². The minimum Gasteiger partial charge on any atom is -0.748 e. The van der Waals surface area contributed by atoms with Crippen molar-refractivity contribution in [2.75, 3.05) is 0 Å². The third-order valence-electron chi connectivity index (χ3n) is 2.55. The Morgan fingerprint density at radius 2 is 0.786 bits per heavy atom. The second-order valence-electron chi connectivity index (χ2n) is 3.89. The van der Waals surface area contributed by atoms with E-state index in [-0.39, 0.29) is 34.1 Å². The molecule has 0 radical (unpaired) electrons. The van der Waals surface area contributed by atoms with E-state index in [1.807, 2.05) is 60.7 Å². The molecule has 0 spiro atoms. The van der Waals surface area contributed by atoms with Crippen LogP contribution in [0.1, 0.15) is 0 Å². The summed E-state index contributed by atoms with van der Waals surface area (Å²) in [5.74, 6) is 0. The van der Waals surface area contributed by atoms with Gasteiger partial charge in [0, 0.05) is 0 Å². The molecule has 0 aliphatic rings. The van der Waals surface area contributed by atoms with Crippen LogP contribution in [0.5, 0.6) is 0 Å². The van der Waals surface area contributed by atoms with Crippen LogP contribution >= 0.6 is 0 Å². The average Bonchev–Trinajstić information content (AvgIpc) is 3.48. The Morgan fingerprint density at radius 3 is 0.929 bits per heavy atom. The Morgan fingerprint density at radius 1 is 0.500 bits per heavy atom. The summed E-state index contributed by atoms with van der Waals surface area (Å²) < 4.78 is 30.0. The largest absolute Gasteiger partial charge is 6.00 e. The maximum atomic E-state index is 7.50. The van der Waals surface area contributed by atoms with Gasteiger partial charge in [0.1, 0.15) is 0 Å². The Hall–Kier alpha value is -2.34. The number of hydrogen-bond acceptors (Lipinski definition) is 0. The predicted molar refractivity (Wildman–Crippen MR) is 94.9 cm³/mol. The molecule has 0 aliphatic carbocycles. The number of benzene rings is 1. The van der Waals surface area contributed by atoms with Crippen molar-refractivity contribution in [3.8, 4) is 0 Å². The third-order valence-corrected chi connectivity index (χ3v) is 2.55. The second-order valence-corrected chi connectivity index (χ2v) is 3.89. The van der Waals surface area contributed by atoms with E-state index in [0.717, 1.165) is 0 Å². The fourth-order valence-corrected chi connectivity index (χ4v) is 1.54. The Bertz CT molecular complexity index is 656. The van der Waals surface area contributed by atoms with Crippen LogP contribution in [0.15, 0.2) is 97.1 Å². The van der Waals surface area contributed by atoms with Crippen LogP contribution in [0.2, 0.25) is 0 Å². The van der Waals surface area contributed by atoms with Crippen molar-refractivity contribution < 1.29 is 52.7 Å². The molecule has 0 atom stereocenters. The summed E-state index contributed by atoms with van der Waals surface area (Å²) in [5.41, 5.74) is 0. The van der Waals surface area contributed by atoms with Crippen LogP contribution in [0.3, 0.4) is 0 Å². The summed E-state index contributed by atoms with van der Waals surface area (Å²) in [5, 5.41) is 2.74. The van der Waals surface area contributed by atoms with E-state index < -0.39 is 0 Å². The molecular weight excluding hydrogens is 440 g/mol. The van der Waals surface area contributed by atoms with E-state index in [9.17, 15) is 0 Å². The molecule has 0 saturated carbocycles. The average molecular weight is 456 g/mol. The fourth-order valence-electron chi connectivity index (χ4n) is 1.54. The molecule has 140 valence electrons. The molecule has 0 N–H and O–H groups in total. The van der Waals surface area contributed by atoms with Gasteiger partial charge in [-0.25, -0.2) is 35.0 Å². The van der Waals surface area contributed by atoms with Crippen molar-refractivity contribution in [2.45, 2.75) is 0 Å². The standard InChI is InChI=1S/C8H6.2C5H5.4CO.2Fe/c1-2-4-8-6-5-7(8)3-1;2*1-2-4-5-3-1;4*1-2;;/h1-6H;2*1-5H;;;;;;/q-2;-5;-1;;;;;2*+6. The first-order valence-corrected chi connectivity index (χ1v) is 6.89. The molecule has 4 rings (SSSR count). The predicted octanol–water partition coefficient (Wildman–Crippen LogP) is 4.93. The molecule has 0 amide bonds. The fraction of sp³-hybridized carbons (Fsp3) is 0. The zero-order valence-corrected chi connectivity index (χ0v) is 16.8. The van der Waals surface area contributed by atoms with Crippen molar-refractivity contribution in [3.63, 3.8) is 0 Å². The van der Waals surface area contributed by atoms with Gasteiger partial charge in [0.25, 0.3) is 0 Å². The Kier molecular flexibility index (Phi) is 46.6. The second kappa shape index (κ2) is 35.7. The van der Waals surface area contributed by atoms with E-state index >= 15 is 0 Å². The van der Waals surface area contributed by atoms with Crippen molar-refractivity contribution in [3.05, 3.63) is 124 Å². The summed E-state index contributed by atoms with van der Waals surface area (Å²) >= 11 is 0. The van der Waals surface area contributed by atoms with Gasteiger partial charge in [0.05, 0.1) is 0 Å². The normalized spacial score (nSPS) is 6.14. The third kappa shape index (κ3) is 21.7. The molecule has 4 nitrogen and oxygen atoms in total. The van der Waals surface area contributed by atoms with E-state index in [4.69, 9.17) is 18.6 Å². The smallest absolute Gasteiger partial charge is 0.748 e. The first kappa shape index (κ1) is 36.6. The van der Waals surface area contributed by atoms with Gasteiger partial charge in [-0.3, -0.25) is 0 Å². The summed E-state index contributed by atoms with van der Waals surface area (Å²) in [7, 11) is 0. The monoisotopic (exact) mass is 456 g/mol. The SMILES string of the molecule is [C-]#[O+].[C-]#[O+].[C-]#[O+].[C-]#[O+].[Fe+6].[Fe+6].[cH-]1[cH-][cH-][cH-][cH-]1.c1cc[cH-]c1.c1ccc2[cH-][cH-]c2c1. The van der Waals surface area contributed by atoms with Crippen LogP contribution < -0.4 is 0 Å². The zero-order valence-electron chi connectivity index (χ0n) is 14.6. The molecule has 0 unspecified atom stereocenters. The Balaban J connectivity index is -0.0000000796. The van der Waals surface area contributed by atoms with Gasteiger partial charge < -0.3 is 30.3 Å². The van der Waals surface area contributed by atoms with Crippen molar-refractivity contribution in [1.82, 2.24) is 0 Å². The maximum Gasteiger partial charge on any atom is 6.00 e. The van der Waals surface area contributed by atoms with Crippen LogP contribution in [-0.2, 0) is 52.7 Å². The first-order valence-electron chi connectivity index (χ1n) is 6.89. The topological polar surface area (TPSA) is 79.6 Å². The van der Waals surface area contributed by atoms with Crippen LogP contribution in [0.25, 0.3) is 10.8 Å². The molecule has 0 aromatic heterocycles. The zero-order chi connectivity index (χ0) is 20.5. The van der Waals surface area contributed by atoms with Gasteiger partial charge in [-0.05, 0) is 0 Å². The molecule has 0 bridgehead atoms. The van der Waals surface area contributed by atoms with Gasteiger partial charge in [0.15, 0.2) is 0 Å². The number of fused-ring (bicyclic) bond motifs is 1. The van der Waals surface area contributed by atoms with E-state index in [2.05, 4.69) is 63.0 Å². The van der Waals surface area contributed by atoms with E-state index in [1.165, 1.54) is 10.8 Å². The minimum atomic E-state index is 0. The number of hydrogen-bond donors (Lipinski definition) is 0. The quantitative estimate of drug-likeness (QED) is 0.204. The molecule has 0 fully saturated rings. The van der Waals surface area contributed by atoms with Crippen molar-refractivity contribution in [1.29, 1.82) is 0 Å². The van der Waals surface area contributed by atoms with Crippen molar-refractivity contribution in [2.24, 2.45) is 0 Å². The summed E-state index contributed by atoms with van der Waals surface area (Å²) in [4.78, 5) is 0. The van der Waals surface area contributed by atoms with Gasteiger partial charge in [-0.2, -0.15) is 30.3 Å². The van der Waals surface area contributed by atoms with Crippen LogP contribution in [-0.4, -0.2) is 0 Å². The van der Waals surface area contributed by atoms with E-state index in [1.54, 1.807) is 0 Å². The van der Waals surface area contributed by atoms with Crippen LogP contribution in [0.4, 0.5) is 0 Å². The van der Waals surface area contributed by atoms with Gasteiger partial charge >= 0.3 is 79.3 Å². The first-order chi connectivity index (χ1) is 13.0.